The predicted octanol–water partition coefficient (Wildman–Crippen LogP) is 1.24. The molecule has 0 amide bonds. The van der Waals surface area contributed by atoms with Crippen molar-refractivity contribution in [2.24, 2.45) is 5.92 Å². The lowest BCUT2D eigenvalue weighted by Gasteiger charge is -2.29. The van der Waals surface area contributed by atoms with Gasteiger partial charge in [-0.25, -0.2) is 14.8 Å². The molecule has 1 saturated heterocycles. The molecule has 0 saturated carbocycles. The van der Waals surface area contributed by atoms with E-state index in [0.29, 0.717) is 17.6 Å². The number of hydrogen-bond donors (Lipinski definition) is 2. The minimum atomic E-state index is -0.997. The van der Waals surface area contributed by atoms with Crippen molar-refractivity contribution in [3.63, 3.8) is 0 Å². The van der Waals surface area contributed by atoms with Gasteiger partial charge in [-0.3, -0.25) is 0 Å². The molecule has 19 heavy (non-hydrogen) atoms. The van der Waals surface area contributed by atoms with Crippen LogP contribution in [0.4, 0.5) is 5.82 Å². The monoisotopic (exact) mass is 264 g/mol. The van der Waals surface area contributed by atoms with Crippen molar-refractivity contribution < 1.29 is 9.90 Å². The van der Waals surface area contributed by atoms with Crippen molar-refractivity contribution in [3.8, 4) is 0 Å². The number of aryl methyl sites for hydroxylation is 1. The SMILES string of the molecule is Cc1ncc(C(=O)O)c(NCC2CCCN(C)C2)n1. The van der Waals surface area contributed by atoms with Gasteiger partial charge in [-0.2, -0.15) is 0 Å². The van der Waals surface area contributed by atoms with Crippen molar-refractivity contribution in [3.05, 3.63) is 17.6 Å². The van der Waals surface area contributed by atoms with E-state index in [0.717, 1.165) is 19.6 Å². The second kappa shape index (κ2) is 5.97. The molecule has 1 atom stereocenters. The minimum Gasteiger partial charge on any atom is -0.477 e. The van der Waals surface area contributed by atoms with Crippen LogP contribution in [0, 0.1) is 12.8 Å². The van der Waals surface area contributed by atoms with Crippen molar-refractivity contribution in [2.45, 2.75) is 19.8 Å². The molecule has 1 aliphatic heterocycles. The third-order valence-corrected chi connectivity index (χ3v) is 3.42. The lowest BCUT2D eigenvalue weighted by atomic mass is 9.98. The van der Waals surface area contributed by atoms with Crippen LogP contribution < -0.4 is 5.32 Å². The number of carboxylic acid groups (broad SMARTS) is 1. The fourth-order valence-electron chi connectivity index (χ4n) is 2.44. The minimum absolute atomic E-state index is 0.134. The Morgan fingerprint density at radius 2 is 2.42 bits per heavy atom. The zero-order valence-electron chi connectivity index (χ0n) is 11.4. The van der Waals surface area contributed by atoms with E-state index in [1.807, 2.05) is 0 Å². The summed E-state index contributed by atoms with van der Waals surface area (Å²) in [5, 5.41) is 12.3. The molecule has 2 heterocycles. The molecule has 1 unspecified atom stereocenters. The van der Waals surface area contributed by atoms with Gasteiger partial charge in [0, 0.05) is 19.3 Å². The highest BCUT2D eigenvalue weighted by molar-refractivity contribution is 5.92. The standard InChI is InChI=1S/C13H20N4O2/c1-9-14-7-11(13(18)19)12(16-9)15-6-10-4-3-5-17(2)8-10/h7,10H,3-6,8H2,1-2H3,(H,18,19)(H,14,15,16). The highest BCUT2D eigenvalue weighted by Gasteiger charge is 2.18. The topological polar surface area (TPSA) is 78.3 Å². The molecule has 1 fully saturated rings. The Bertz CT molecular complexity index is 464. The van der Waals surface area contributed by atoms with Crippen LogP contribution in [0.5, 0.6) is 0 Å². The van der Waals surface area contributed by atoms with E-state index in [4.69, 9.17) is 5.11 Å². The largest absolute Gasteiger partial charge is 0.477 e. The van der Waals surface area contributed by atoms with Gasteiger partial charge in [-0.1, -0.05) is 0 Å². The van der Waals surface area contributed by atoms with Gasteiger partial charge in [0.2, 0.25) is 0 Å². The van der Waals surface area contributed by atoms with Crippen LogP contribution >= 0.6 is 0 Å². The van der Waals surface area contributed by atoms with E-state index in [1.165, 1.54) is 19.0 Å². The molecule has 1 aromatic heterocycles. The molecular formula is C13H20N4O2. The number of nitrogens with one attached hydrogen (secondary N) is 1. The van der Waals surface area contributed by atoms with Crippen LogP contribution in [0.1, 0.15) is 29.0 Å². The van der Waals surface area contributed by atoms with Gasteiger partial charge >= 0.3 is 5.97 Å². The van der Waals surface area contributed by atoms with Crippen molar-refractivity contribution >= 4 is 11.8 Å². The van der Waals surface area contributed by atoms with Crippen LogP contribution in [0.3, 0.4) is 0 Å². The Labute approximate surface area is 112 Å². The Balaban J connectivity index is 2.02. The highest BCUT2D eigenvalue weighted by Crippen LogP contribution is 2.17. The number of rotatable bonds is 4. The zero-order valence-corrected chi connectivity index (χ0v) is 11.4. The van der Waals surface area contributed by atoms with Crippen LogP contribution in [0.15, 0.2) is 6.20 Å². The smallest absolute Gasteiger partial charge is 0.341 e. The van der Waals surface area contributed by atoms with Crippen molar-refractivity contribution in [2.75, 3.05) is 32.0 Å². The molecule has 0 aromatic carbocycles. The average molecular weight is 264 g/mol. The van der Waals surface area contributed by atoms with Gasteiger partial charge in [0.05, 0.1) is 0 Å². The second-order valence-corrected chi connectivity index (χ2v) is 5.14. The van der Waals surface area contributed by atoms with Crippen LogP contribution in [-0.4, -0.2) is 52.6 Å². The van der Waals surface area contributed by atoms with Gasteiger partial charge in [0.25, 0.3) is 0 Å². The Morgan fingerprint density at radius 1 is 1.63 bits per heavy atom. The molecule has 104 valence electrons. The van der Waals surface area contributed by atoms with Crippen LogP contribution in [0.2, 0.25) is 0 Å². The van der Waals surface area contributed by atoms with E-state index >= 15 is 0 Å². The Kier molecular flexibility index (Phi) is 4.31. The van der Waals surface area contributed by atoms with E-state index in [1.54, 1.807) is 6.92 Å². The number of aromatic nitrogens is 2. The number of carbonyl (C=O) groups is 1. The molecule has 0 aliphatic carbocycles. The summed E-state index contributed by atoms with van der Waals surface area (Å²) < 4.78 is 0. The number of anilines is 1. The first-order valence-electron chi connectivity index (χ1n) is 6.55. The molecule has 1 aliphatic rings. The molecule has 6 nitrogen and oxygen atoms in total. The summed E-state index contributed by atoms with van der Waals surface area (Å²) in [7, 11) is 2.11. The Hall–Kier alpha value is -1.69. The molecule has 2 rings (SSSR count). The maximum Gasteiger partial charge on any atom is 0.341 e. The summed E-state index contributed by atoms with van der Waals surface area (Å²) in [6.45, 7) is 4.69. The number of aromatic carboxylic acids is 1. The number of carboxylic acids is 1. The number of piperidine rings is 1. The summed E-state index contributed by atoms with van der Waals surface area (Å²) in [6, 6.07) is 0. The average Bonchev–Trinajstić information content (AvgIpc) is 2.36. The summed E-state index contributed by atoms with van der Waals surface area (Å²) in [6.07, 6.45) is 3.72. The number of hydrogen-bond acceptors (Lipinski definition) is 5. The molecule has 0 spiro atoms. The fraction of sp³-hybridized carbons (Fsp3) is 0.615. The van der Waals surface area contributed by atoms with Gasteiger partial charge in [-0.15, -0.1) is 0 Å². The molecule has 0 bridgehead atoms. The van der Waals surface area contributed by atoms with Gasteiger partial charge in [0.1, 0.15) is 17.2 Å². The maximum atomic E-state index is 11.1. The van der Waals surface area contributed by atoms with E-state index in [9.17, 15) is 4.79 Å². The molecular weight excluding hydrogens is 244 g/mol. The van der Waals surface area contributed by atoms with Crippen molar-refractivity contribution in [1.29, 1.82) is 0 Å². The third kappa shape index (κ3) is 3.64. The van der Waals surface area contributed by atoms with E-state index in [2.05, 4.69) is 27.2 Å². The van der Waals surface area contributed by atoms with Gasteiger partial charge in [-0.05, 0) is 39.3 Å². The van der Waals surface area contributed by atoms with Gasteiger partial charge < -0.3 is 15.3 Å². The second-order valence-electron chi connectivity index (χ2n) is 5.14. The summed E-state index contributed by atoms with van der Waals surface area (Å²) in [4.78, 5) is 21.5. The van der Waals surface area contributed by atoms with Crippen LogP contribution in [-0.2, 0) is 0 Å². The zero-order chi connectivity index (χ0) is 13.8. The fourth-order valence-corrected chi connectivity index (χ4v) is 2.44. The predicted molar refractivity (Wildman–Crippen MR) is 72.4 cm³/mol. The molecule has 6 heteroatoms. The molecule has 0 radical (unpaired) electrons. The molecule has 2 N–H and O–H groups in total. The first kappa shape index (κ1) is 13.7. The first-order chi connectivity index (χ1) is 9.06. The molecule has 1 aromatic rings. The number of nitrogens with zero attached hydrogens (tertiary/aromatic N) is 3. The summed E-state index contributed by atoms with van der Waals surface area (Å²) in [5.74, 6) is 0.542. The Morgan fingerprint density at radius 3 is 3.11 bits per heavy atom. The van der Waals surface area contributed by atoms with Crippen molar-refractivity contribution in [1.82, 2.24) is 14.9 Å². The highest BCUT2D eigenvalue weighted by atomic mass is 16.4. The quantitative estimate of drug-likeness (QED) is 0.852. The van der Waals surface area contributed by atoms with Crippen LogP contribution in [0.25, 0.3) is 0 Å². The normalized spacial score (nSPS) is 20.2. The number of likely N-dealkylation sites (tertiary alicyclic amines) is 1. The summed E-state index contributed by atoms with van der Waals surface area (Å²) >= 11 is 0. The lowest BCUT2D eigenvalue weighted by Crippen LogP contribution is -2.35. The maximum absolute atomic E-state index is 11.1. The van der Waals surface area contributed by atoms with E-state index in [-0.39, 0.29) is 5.56 Å². The van der Waals surface area contributed by atoms with Gasteiger partial charge in [0.15, 0.2) is 0 Å². The lowest BCUT2D eigenvalue weighted by molar-refractivity contribution is 0.0697. The van der Waals surface area contributed by atoms with E-state index < -0.39 is 5.97 Å². The third-order valence-electron chi connectivity index (χ3n) is 3.42. The summed E-state index contributed by atoms with van der Waals surface area (Å²) in [5.41, 5.74) is 0.134. The first-order valence-corrected chi connectivity index (χ1v) is 6.55.